The van der Waals surface area contributed by atoms with Crippen LogP contribution in [0.15, 0.2) is 47.9 Å². The van der Waals surface area contributed by atoms with Crippen LogP contribution in [0.3, 0.4) is 0 Å². The van der Waals surface area contributed by atoms with Crippen LogP contribution in [0.4, 0.5) is 0 Å². The SMILES string of the molecule is CC1(C)C=C(OC(=O)c2ccccc2C(=O)OC2=CC(C)(C)OC(C)(C)C2)CC(C)(C)O1. The number of carbonyl (C=O) groups is 2. The summed E-state index contributed by atoms with van der Waals surface area (Å²) in [5.41, 5.74) is -1.75. The van der Waals surface area contributed by atoms with E-state index >= 15 is 0 Å². The summed E-state index contributed by atoms with van der Waals surface area (Å²) >= 11 is 0. The largest absolute Gasteiger partial charge is 0.428 e. The van der Waals surface area contributed by atoms with Gasteiger partial charge in [-0.3, -0.25) is 0 Å². The standard InChI is InChI=1S/C26H34O6/c1-23(2)13-17(14-24(3,4)31-23)29-21(27)19-11-9-10-12-20(19)22(28)30-18-15-25(5,6)32-26(7,8)16-18/h9-13,15H,14,16H2,1-8H3. The summed E-state index contributed by atoms with van der Waals surface area (Å²) in [4.78, 5) is 26.0. The zero-order valence-electron chi connectivity index (χ0n) is 20.3. The highest BCUT2D eigenvalue weighted by Crippen LogP contribution is 2.36. The van der Waals surface area contributed by atoms with Crippen LogP contribution in [-0.4, -0.2) is 34.3 Å². The lowest BCUT2D eigenvalue weighted by atomic mass is 9.94. The Balaban J connectivity index is 1.81. The van der Waals surface area contributed by atoms with Gasteiger partial charge in [-0.2, -0.15) is 0 Å². The number of benzene rings is 1. The summed E-state index contributed by atoms with van der Waals surface area (Å²) in [6, 6.07) is 6.53. The number of esters is 2. The van der Waals surface area contributed by atoms with Crippen molar-refractivity contribution in [2.24, 2.45) is 0 Å². The zero-order chi connectivity index (χ0) is 23.9. The monoisotopic (exact) mass is 442 g/mol. The predicted octanol–water partition coefficient (Wildman–Crippen LogP) is 5.72. The first-order chi connectivity index (χ1) is 14.6. The second-order valence-electron chi connectivity index (χ2n) is 10.8. The quantitative estimate of drug-likeness (QED) is 0.555. The molecule has 0 amide bonds. The van der Waals surface area contributed by atoms with Crippen molar-refractivity contribution in [1.82, 2.24) is 0 Å². The Hall–Kier alpha value is -2.44. The molecule has 0 saturated heterocycles. The maximum absolute atomic E-state index is 13.0. The van der Waals surface area contributed by atoms with Gasteiger partial charge in [-0.05, 0) is 79.7 Å². The van der Waals surface area contributed by atoms with E-state index < -0.39 is 34.3 Å². The van der Waals surface area contributed by atoms with Crippen LogP contribution in [0.2, 0.25) is 0 Å². The first kappa shape index (κ1) is 24.2. The number of rotatable bonds is 4. The maximum Gasteiger partial charge on any atom is 0.344 e. The summed E-state index contributed by atoms with van der Waals surface area (Å²) in [5, 5.41) is 0. The Morgan fingerprint density at radius 1 is 0.688 bits per heavy atom. The molecule has 174 valence electrons. The molecule has 2 aliphatic heterocycles. The van der Waals surface area contributed by atoms with Gasteiger partial charge in [0.15, 0.2) is 0 Å². The molecule has 0 N–H and O–H groups in total. The minimum atomic E-state index is -0.598. The van der Waals surface area contributed by atoms with Gasteiger partial charge in [0.1, 0.15) is 11.5 Å². The fourth-order valence-corrected chi connectivity index (χ4v) is 4.59. The van der Waals surface area contributed by atoms with Gasteiger partial charge in [-0.15, -0.1) is 0 Å². The molecule has 1 aromatic rings. The molecule has 0 aromatic heterocycles. The molecule has 6 heteroatoms. The normalized spacial score (nSPS) is 22.9. The molecular formula is C26H34O6. The average Bonchev–Trinajstić information content (AvgIpc) is 2.55. The molecule has 3 rings (SSSR count). The lowest BCUT2D eigenvalue weighted by Gasteiger charge is -2.39. The molecule has 32 heavy (non-hydrogen) atoms. The van der Waals surface area contributed by atoms with E-state index in [1.807, 2.05) is 55.4 Å². The summed E-state index contributed by atoms with van der Waals surface area (Å²) in [6.07, 6.45) is 4.50. The van der Waals surface area contributed by atoms with Gasteiger partial charge in [0.05, 0.1) is 33.5 Å². The first-order valence-corrected chi connectivity index (χ1v) is 10.9. The molecule has 0 spiro atoms. The lowest BCUT2D eigenvalue weighted by molar-refractivity contribution is -0.114. The minimum absolute atomic E-state index is 0.159. The third-order valence-electron chi connectivity index (χ3n) is 5.11. The Morgan fingerprint density at radius 2 is 1.03 bits per heavy atom. The molecule has 0 bridgehead atoms. The van der Waals surface area contributed by atoms with Crippen LogP contribution in [0, 0.1) is 0 Å². The summed E-state index contributed by atoms with van der Waals surface area (Å²) in [7, 11) is 0. The Bertz CT molecular complexity index is 899. The van der Waals surface area contributed by atoms with Crippen molar-refractivity contribution >= 4 is 11.9 Å². The average molecular weight is 443 g/mol. The molecule has 0 unspecified atom stereocenters. The molecule has 0 saturated carbocycles. The molecule has 6 nitrogen and oxygen atoms in total. The van der Waals surface area contributed by atoms with Crippen LogP contribution in [0.25, 0.3) is 0 Å². The van der Waals surface area contributed by atoms with Crippen molar-refractivity contribution < 1.29 is 28.5 Å². The van der Waals surface area contributed by atoms with Gasteiger partial charge in [-0.1, -0.05) is 12.1 Å². The Morgan fingerprint density at radius 3 is 1.34 bits per heavy atom. The molecule has 0 atom stereocenters. The molecule has 0 aliphatic carbocycles. The second-order valence-corrected chi connectivity index (χ2v) is 10.8. The summed E-state index contributed by atoms with van der Waals surface area (Å²) in [6.45, 7) is 15.5. The van der Waals surface area contributed by atoms with E-state index in [1.54, 1.807) is 36.4 Å². The van der Waals surface area contributed by atoms with Crippen molar-refractivity contribution in [2.75, 3.05) is 0 Å². The fourth-order valence-electron chi connectivity index (χ4n) is 4.59. The van der Waals surface area contributed by atoms with E-state index in [9.17, 15) is 9.59 Å². The van der Waals surface area contributed by atoms with Gasteiger partial charge in [0.2, 0.25) is 0 Å². The van der Waals surface area contributed by atoms with Crippen LogP contribution in [0.1, 0.15) is 88.9 Å². The number of hydrogen-bond acceptors (Lipinski definition) is 6. The molecular weight excluding hydrogens is 408 g/mol. The van der Waals surface area contributed by atoms with E-state index in [4.69, 9.17) is 18.9 Å². The predicted molar refractivity (Wildman–Crippen MR) is 121 cm³/mol. The van der Waals surface area contributed by atoms with Crippen molar-refractivity contribution in [3.63, 3.8) is 0 Å². The van der Waals surface area contributed by atoms with Gasteiger partial charge in [-0.25, -0.2) is 9.59 Å². The highest BCUT2D eigenvalue weighted by Gasteiger charge is 2.37. The van der Waals surface area contributed by atoms with E-state index in [0.717, 1.165) is 0 Å². The maximum atomic E-state index is 13.0. The molecule has 0 radical (unpaired) electrons. The third kappa shape index (κ3) is 6.08. The van der Waals surface area contributed by atoms with Crippen LogP contribution >= 0.6 is 0 Å². The van der Waals surface area contributed by atoms with Crippen LogP contribution < -0.4 is 0 Å². The molecule has 1 aromatic carbocycles. The second kappa shape index (κ2) is 8.16. The van der Waals surface area contributed by atoms with Crippen LogP contribution in [-0.2, 0) is 18.9 Å². The Kier molecular flexibility index (Phi) is 6.17. The highest BCUT2D eigenvalue weighted by atomic mass is 16.6. The smallest absolute Gasteiger partial charge is 0.344 e. The van der Waals surface area contributed by atoms with Gasteiger partial charge < -0.3 is 18.9 Å². The third-order valence-corrected chi connectivity index (χ3v) is 5.11. The molecule has 0 fully saturated rings. The molecule has 2 heterocycles. The van der Waals surface area contributed by atoms with Crippen molar-refractivity contribution in [3.05, 3.63) is 59.1 Å². The van der Waals surface area contributed by atoms with Gasteiger partial charge >= 0.3 is 11.9 Å². The van der Waals surface area contributed by atoms with Gasteiger partial charge in [0, 0.05) is 12.8 Å². The highest BCUT2D eigenvalue weighted by molar-refractivity contribution is 6.03. The van der Waals surface area contributed by atoms with E-state index in [2.05, 4.69) is 0 Å². The topological polar surface area (TPSA) is 71.1 Å². The van der Waals surface area contributed by atoms with E-state index in [-0.39, 0.29) is 11.1 Å². The van der Waals surface area contributed by atoms with Gasteiger partial charge in [0.25, 0.3) is 0 Å². The minimum Gasteiger partial charge on any atom is -0.428 e. The fraction of sp³-hybridized carbons (Fsp3) is 0.538. The summed E-state index contributed by atoms with van der Waals surface area (Å²) < 4.78 is 23.4. The van der Waals surface area contributed by atoms with Crippen molar-refractivity contribution in [2.45, 2.75) is 90.6 Å². The number of ether oxygens (including phenoxy) is 4. The first-order valence-electron chi connectivity index (χ1n) is 10.9. The van der Waals surface area contributed by atoms with E-state index in [0.29, 0.717) is 24.4 Å². The van der Waals surface area contributed by atoms with E-state index in [1.165, 1.54) is 0 Å². The lowest BCUT2D eigenvalue weighted by Crippen LogP contribution is -2.40. The molecule has 2 aliphatic rings. The van der Waals surface area contributed by atoms with Crippen LogP contribution in [0.5, 0.6) is 0 Å². The Labute approximate surface area is 190 Å². The zero-order valence-corrected chi connectivity index (χ0v) is 20.3. The van der Waals surface area contributed by atoms with Crippen molar-refractivity contribution in [3.8, 4) is 0 Å². The summed E-state index contributed by atoms with van der Waals surface area (Å²) in [5.74, 6) is -0.150. The van der Waals surface area contributed by atoms with Crippen molar-refractivity contribution in [1.29, 1.82) is 0 Å². The number of carbonyl (C=O) groups excluding carboxylic acids is 2. The number of hydrogen-bond donors (Lipinski definition) is 0.